The minimum atomic E-state index is 0. The highest BCUT2D eigenvalue weighted by molar-refractivity contribution is 14.0. The molecule has 1 aromatic heterocycles. The number of nitrogens with zero attached hydrogens (tertiary/aromatic N) is 3. The number of likely N-dealkylation sites (tertiary alicyclic amines) is 1. The second-order valence-corrected chi connectivity index (χ2v) is 8.37. The zero-order chi connectivity index (χ0) is 20.5. The Morgan fingerprint density at radius 1 is 1.17 bits per heavy atom. The third-order valence-corrected chi connectivity index (χ3v) is 6.08. The molecule has 2 N–H and O–H groups in total. The summed E-state index contributed by atoms with van der Waals surface area (Å²) in [6.45, 7) is 13.1. The molecule has 0 spiro atoms. The van der Waals surface area contributed by atoms with Crippen LogP contribution in [0.5, 0.6) is 0 Å². The number of hydrogen-bond acceptors (Lipinski definition) is 5. The van der Waals surface area contributed by atoms with Gasteiger partial charge in [0.25, 0.3) is 0 Å². The van der Waals surface area contributed by atoms with Gasteiger partial charge >= 0.3 is 0 Å². The van der Waals surface area contributed by atoms with Crippen molar-refractivity contribution in [2.24, 2.45) is 10.9 Å². The molecule has 2 saturated heterocycles. The average molecular weight is 533 g/mol. The summed E-state index contributed by atoms with van der Waals surface area (Å²) in [6, 6.07) is 4.31. The van der Waals surface area contributed by atoms with Gasteiger partial charge in [0.2, 0.25) is 0 Å². The fraction of sp³-hybridized carbons (Fsp3) is 0.773. The second-order valence-electron chi connectivity index (χ2n) is 8.37. The van der Waals surface area contributed by atoms with Crippen LogP contribution in [0.4, 0.5) is 0 Å². The van der Waals surface area contributed by atoms with Crippen LogP contribution in [0, 0.1) is 12.8 Å². The molecule has 0 aliphatic carbocycles. The van der Waals surface area contributed by atoms with Crippen LogP contribution < -0.4 is 10.6 Å². The number of ether oxygens (including phenoxy) is 1. The quantitative estimate of drug-likeness (QED) is 0.232. The highest BCUT2D eigenvalue weighted by Gasteiger charge is 2.25. The third kappa shape index (κ3) is 8.01. The van der Waals surface area contributed by atoms with Crippen molar-refractivity contribution in [2.75, 3.05) is 66.1 Å². The fourth-order valence-corrected chi connectivity index (χ4v) is 4.14. The van der Waals surface area contributed by atoms with E-state index in [1.54, 1.807) is 0 Å². The molecule has 0 saturated carbocycles. The highest BCUT2D eigenvalue weighted by atomic mass is 127. The van der Waals surface area contributed by atoms with Crippen molar-refractivity contribution in [1.82, 2.24) is 20.4 Å². The molecule has 2 aliphatic heterocycles. The maximum atomic E-state index is 5.95. The lowest BCUT2D eigenvalue weighted by atomic mass is 9.99. The summed E-state index contributed by atoms with van der Waals surface area (Å²) in [5.74, 6) is 3.71. The van der Waals surface area contributed by atoms with Crippen molar-refractivity contribution < 1.29 is 9.15 Å². The molecule has 1 unspecified atom stereocenters. The molecular formula is C22H40IN5O2. The number of aliphatic imine (C=N–C) groups is 1. The Balaban J connectivity index is 0.00000320. The first kappa shape index (κ1) is 25.4. The molecule has 172 valence electrons. The number of nitrogens with one attached hydrogen (secondary N) is 2. The van der Waals surface area contributed by atoms with Gasteiger partial charge in [-0.15, -0.1) is 24.0 Å². The van der Waals surface area contributed by atoms with E-state index < -0.39 is 0 Å². The summed E-state index contributed by atoms with van der Waals surface area (Å²) < 4.78 is 11.5. The van der Waals surface area contributed by atoms with Gasteiger partial charge in [0.15, 0.2) is 5.96 Å². The van der Waals surface area contributed by atoms with Gasteiger partial charge < -0.3 is 24.7 Å². The van der Waals surface area contributed by atoms with Crippen molar-refractivity contribution >= 4 is 29.9 Å². The number of piperidine rings is 1. The van der Waals surface area contributed by atoms with Crippen LogP contribution in [0.3, 0.4) is 0 Å². The molecule has 0 bridgehead atoms. The number of rotatable bonds is 8. The Labute approximate surface area is 199 Å². The first-order chi connectivity index (χ1) is 14.2. The van der Waals surface area contributed by atoms with Crippen molar-refractivity contribution in [1.29, 1.82) is 0 Å². The maximum Gasteiger partial charge on any atom is 0.191 e. The lowest BCUT2D eigenvalue weighted by Gasteiger charge is -2.33. The van der Waals surface area contributed by atoms with Crippen molar-refractivity contribution in [3.63, 3.8) is 0 Å². The van der Waals surface area contributed by atoms with E-state index in [0.29, 0.717) is 0 Å². The number of furan rings is 1. The molecule has 0 amide bonds. The number of guanidine groups is 1. The molecule has 2 fully saturated rings. The van der Waals surface area contributed by atoms with Crippen LogP contribution in [-0.2, 0) is 4.74 Å². The van der Waals surface area contributed by atoms with Crippen LogP contribution in [0.15, 0.2) is 21.5 Å². The lowest BCUT2D eigenvalue weighted by molar-refractivity contribution is 0.0124. The smallest absolute Gasteiger partial charge is 0.191 e. The van der Waals surface area contributed by atoms with Crippen molar-refractivity contribution in [2.45, 2.75) is 39.2 Å². The van der Waals surface area contributed by atoms with Gasteiger partial charge in [-0.25, -0.2) is 0 Å². The van der Waals surface area contributed by atoms with Gasteiger partial charge in [0, 0.05) is 33.2 Å². The summed E-state index contributed by atoms with van der Waals surface area (Å²) in [6.07, 6.45) is 3.82. The minimum absolute atomic E-state index is 0. The van der Waals surface area contributed by atoms with Gasteiger partial charge in [0.1, 0.15) is 11.5 Å². The maximum absolute atomic E-state index is 5.95. The van der Waals surface area contributed by atoms with Gasteiger partial charge in [-0.1, -0.05) is 6.92 Å². The van der Waals surface area contributed by atoms with E-state index in [9.17, 15) is 0 Å². The SMILES string of the molecule is CN=C(NCCCN1CCC(C)CC1)NCC(c1ccc(C)o1)N1CCOCC1.I. The molecule has 1 aromatic rings. The molecule has 0 aromatic carbocycles. The first-order valence-corrected chi connectivity index (χ1v) is 11.2. The number of halogens is 1. The average Bonchev–Trinajstić information content (AvgIpc) is 3.17. The predicted molar refractivity (Wildman–Crippen MR) is 133 cm³/mol. The zero-order valence-electron chi connectivity index (χ0n) is 18.9. The summed E-state index contributed by atoms with van der Waals surface area (Å²) in [7, 11) is 1.84. The first-order valence-electron chi connectivity index (χ1n) is 11.2. The van der Waals surface area contributed by atoms with E-state index >= 15 is 0 Å². The van der Waals surface area contributed by atoms with Crippen LogP contribution in [0.2, 0.25) is 0 Å². The Bertz CT molecular complexity index is 625. The van der Waals surface area contributed by atoms with Gasteiger partial charge in [-0.2, -0.15) is 0 Å². The predicted octanol–water partition coefficient (Wildman–Crippen LogP) is 2.87. The van der Waals surface area contributed by atoms with Crippen LogP contribution in [0.25, 0.3) is 0 Å². The summed E-state index contributed by atoms with van der Waals surface area (Å²) in [4.78, 5) is 9.42. The molecule has 30 heavy (non-hydrogen) atoms. The van der Waals surface area contributed by atoms with E-state index in [4.69, 9.17) is 9.15 Å². The molecule has 8 heteroatoms. The Morgan fingerprint density at radius 2 is 1.90 bits per heavy atom. The van der Waals surface area contributed by atoms with Crippen LogP contribution in [0.1, 0.15) is 43.7 Å². The monoisotopic (exact) mass is 533 g/mol. The summed E-state index contributed by atoms with van der Waals surface area (Å²) >= 11 is 0. The standard InChI is InChI=1S/C22H39N5O2.HI/c1-18-7-11-26(12-8-18)10-4-9-24-22(23-3)25-17-20(21-6-5-19(2)29-21)27-13-15-28-16-14-27;/h5-6,18,20H,4,7-17H2,1-3H3,(H2,23,24,25);1H. The molecule has 1 atom stereocenters. The van der Waals surface area contributed by atoms with Gasteiger partial charge in [-0.3, -0.25) is 9.89 Å². The van der Waals surface area contributed by atoms with Gasteiger partial charge in [-0.05, 0) is 63.9 Å². The molecule has 2 aliphatic rings. The van der Waals surface area contributed by atoms with Crippen LogP contribution in [-0.4, -0.2) is 81.8 Å². The Morgan fingerprint density at radius 3 is 2.53 bits per heavy atom. The Hall–Kier alpha value is -0.840. The summed E-state index contributed by atoms with van der Waals surface area (Å²) in [5, 5.41) is 6.97. The van der Waals surface area contributed by atoms with Crippen molar-refractivity contribution in [3.05, 3.63) is 23.7 Å². The zero-order valence-corrected chi connectivity index (χ0v) is 21.2. The largest absolute Gasteiger partial charge is 0.465 e. The van der Waals surface area contributed by atoms with E-state index in [1.165, 1.54) is 32.5 Å². The molecule has 3 rings (SSSR count). The van der Waals surface area contributed by atoms with E-state index in [2.05, 4.69) is 38.4 Å². The third-order valence-electron chi connectivity index (χ3n) is 6.08. The van der Waals surface area contributed by atoms with E-state index in [-0.39, 0.29) is 30.0 Å². The lowest BCUT2D eigenvalue weighted by Crippen LogP contribution is -2.46. The topological polar surface area (TPSA) is 65.3 Å². The number of aryl methyl sites for hydroxylation is 1. The minimum Gasteiger partial charge on any atom is -0.465 e. The van der Waals surface area contributed by atoms with E-state index in [0.717, 1.165) is 69.2 Å². The Kier molecular flexibility index (Phi) is 11.5. The van der Waals surface area contributed by atoms with Crippen molar-refractivity contribution in [3.8, 4) is 0 Å². The van der Waals surface area contributed by atoms with Crippen LogP contribution >= 0.6 is 24.0 Å². The molecule has 3 heterocycles. The normalized spacial score (nSPS) is 20.6. The van der Waals surface area contributed by atoms with E-state index in [1.807, 2.05) is 20.0 Å². The molecule has 0 radical (unpaired) electrons. The highest BCUT2D eigenvalue weighted by Crippen LogP contribution is 2.23. The second kappa shape index (κ2) is 13.5. The number of morpholine rings is 1. The molecule has 7 nitrogen and oxygen atoms in total. The summed E-state index contributed by atoms with van der Waals surface area (Å²) in [5.41, 5.74) is 0. The van der Waals surface area contributed by atoms with Gasteiger partial charge in [0.05, 0.1) is 19.3 Å². The number of hydrogen-bond donors (Lipinski definition) is 2. The molecular weight excluding hydrogens is 493 g/mol. The fourth-order valence-electron chi connectivity index (χ4n) is 4.14.